The van der Waals surface area contributed by atoms with E-state index in [9.17, 15) is 0 Å². The highest BCUT2D eigenvalue weighted by molar-refractivity contribution is 6.19. The molecule has 0 bridgehead atoms. The Labute approximate surface area is 297 Å². The minimum Gasteiger partial charge on any atom is -0.381 e. The molecule has 9 aromatic rings. The number of fused-ring (bicyclic) bond motifs is 6. The highest BCUT2D eigenvalue weighted by Gasteiger charge is 2.18. The molecule has 1 N–H and O–H groups in total. The number of hydrogen-bond acceptors (Lipinski definition) is 1. The van der Waals surface area contributed by atoms with Crippen LogP contribution in [0, 0.1) is 0 Å². The largest absolute Gasteiger partial charge is 0.381 e. The van der Waals surface area contributed by atoms with Crippen LogP contribution in [0.15, 0.2) is 194 Å². The van der Waals surface area contributed by atoms with E-state index in [1.807, 2.05) is 12.3 Å². The van der Waals surface area contributed by atoms with Gasteiger partial charge in [0, 0.05) is 21.8 Å². The van der Waals surface area contributed by atoms with Crippen molar-refractivity contribution in [2.24, 2.45) is 0 Å². The maximum absolute atomic E-state index is 3.52. The van der Waals surface area contributed by atoms with Crippen molar-refractivity contribution in [3.8, 4) is 39.1 Å². The first-order valence-corrected chi connectivity index (χ1v) is 17.6. The van der Waals surface area contributed by atoms with Crippen LogP contribution in [-0.2, 0) is 0 Å². The molecule has 1 aliphatic rings. The lowest BCUT2D eigenvalue weighted by Crippen LogP contribution is -2.15. The lowest BCUT2D eigenvalue weighted by atomic mass is 9.91. The molecule has 51 heavy (non-hydrogen) atoms. The molecule has 2 heterocycles. The molecule has 0 radical (unpaired) electrons. The molecular formula is C49H34N2. The van der Waals surface area contributed by atoms with Crippen molar-refractivity contribution < 1.29 is 0 Å². The molecule has 2 heteroatoms. The van der Waals surface area contributed by atoms with E-state index in [-0.39, 0.29) is 6.04 Å². The van der Waals surface area contributed by atoms with Crippen molar-refractivity contribution in [3.05, 3.63) is 200 Å². The molecule has 1 aliphatic heterocycles. The van der Waals surface area contributed by atoms with Crippen molar-refractivity contribution in [3.63, 3.8) is 0 Å². The molecule has 0 saturated heterocycles. The van der Waals surface area contributed by atoms with Gasteiger partial charge in [0.05, 0.1) is 17.1 Å². The third kappa shape index (κ3) is 4.95. The van der Waals surface area contributed by atoms with Crippen molar-refractivity contribution in [1.82, 2.24) is 9.88 Å². The fraction of sp³-hybridized carbons (Fsp3) is 0.0204. The molecule has 240 valence electrons. The first kappa shape index (κ1) is 29.3. The molecule has 2 nitrogen and oxygen atoms in total. The minimum absolute atomic E-state index is 0.152. The number of nitrogens with zero attached hydrogens (tertiary/aromatic N) is 1. The first-order valence-electron chi connectivity index (χ1n) is 17.6. The van der Waals surface area contributed by atoms with Gasteiger partial charge in [-0.05, 0) is 91.6 Å². The van der Waals surface area contributed by atoms with E-state index >= 15 is 0 Å². The Morgan fingerprint density at radius 1 is 0.431 bits per heavy atom. The summed E-state index contributed by atoms with van der Waals surface area (Å²) in [6, 6.07) is 62.4. The van der Waals surface area contributed by atoms with Gasteiger partial charge >= 0.3 is 0 Å². The van der Waals surface area contributed by atoms with Gasteiger partial charge < -0.3 is 9.88 Å². The van der Waals surface area contributed by atoms with E-state index in [2.05, 4.69) is 192 Å². The van der Waals surface area contributed by atoms with Crippen molar-refractivity contribution in [2.45, 2.75) is 6.04 Å². The average Bonchev–Trinajstić information content (AvgIpc) is 3.55. The molecule has 0 spiro atoms. The van der Waals surface area contributed by atoms with Crippen molar-refractivity contribution >= 4 is 43.4 Å². The Bertz CT molecular complexity index is 2800. The molecule has 0 saturated carbocycles. The maximum Gasteiger partial charge on any atom is 0.0701 e. The van der Waals surface area contributed by atoms with E-state index in [0.29, 0.717) is 0 Å². The van der Waals surface area contributed by atoms with Gasteiger partial charge in [-0.15, -0.1) is 0 Å². The van der Waals surface area contributed by atoms with Crippen molar-refractivity contribution in [1.29, 1.82) is 0 Å². The van der Waals surface area contributed by atoms with Crippen LogP contribution in [0.25, 0.3) is 82.4 Å². The summed E-state index contributed by atoms with van der Waals surface area (Å²) < 4.78 is 2.46. The Balaban J connectivity index is 1.14. The number of rotatable bonds is 5. The predicted octanol–water partition coefficient (Wildman–Crippen LogP) is 12.8. The van der Waals surface area contributed by atoms with Crippen LogP contribution in [0.5, 0.6) is 0 Å². The quantitative estimate of drug-likeness (QED) is 0.196. The highest BCUT2D eigenvalue weighted by atomic mass is 15.0. The van der Waals surface area contributed by atoms with Gasteiger partial charge in [0.25, 0.3) is 0 Å². The summed E-state index contributed by atoms with van der Waals surface area (Å²) >= 11 is 0. The summed E-state index contributed by atoms with van der Waals surface area (Å²) in [4.78, 5) is 0. The number of para-hydroxylation sites is 1. The zero-order chi connectivity index (χ0) is 33.7. The van der Waals surface area contributed by atoms with Gasteiger partial charge in [-0.2, -0.15) is 0 Å². The molecule has 0 fully saturated rings. The first-order chi connectivity index (χ1) is 25.3. The van der Waals surface area contributed by atoms with Gasteiger partial charge in [-0.25, -0.2) is 0 Å². The maximum atomic E-state index is 3.52. The minimum atomic E-state index is 0.152. The average molecular weight is 651 g/mol. The molecule has 10 rings (SSSR count). The summed E-state index contributed by atoms with van der Waals surface area (Å²) in [6.45, 7) is 0. The second-order valence-corrected chi connectivity index (χ2v) is 13.4. The summed E-state index contributed by atoms with van der Waals surface area (Å²) in [5.74, 6) is 0. The molecule has 0 aliphatic carbocycles. The van der Waals surface area contributed by atoms with Crippen LogP contribution >= 0.6 is 0 Å². The predicted molar refractivity (Wildman–Crippen MR) is 216 cm³/mol. The highest BCUT2D eigenvalue weighted by Crippen LogP contribution is 2.41. The van der Waals surface area contributed by atoms with Crippen LogP contribution in [0.4, 0.5) is 0 Å². The number of nitrogens with one attached hydrogen (secondary N) is 1. The summed E-state index contributed by atoms with van der Waals surface area (Å²) in [7, 11) is 0. The van der Waals surface area contributed by atoms with E-state index in [0.717, 1.165) is 5.69 Å². The molecule has 1 aromatic heterocycles. The zero-order valence-electron chi connectivity index (χ0n) is 28.0. The van der Waals surface area contributed by atoms with Gasteiger partial charge in [0.15, 0.2) is 0 Å². The third-order valence-electron chi connectivity index (χ3n) is 10.5. The standard InChI is InChI=1S/C49H34N2/c1-3-11-33(12-4-1)34-18-20-35(21-19-34)36-22-25-41-37(31-36)24-27-46-45-26-23-38(32-48(45)51(49(41)46)39-13-5-2-6-14-39)40-28-29-44(47-17-9-10-30-50-47)43-16-8-7-15-42(40)43/h1-32,47,50H. The van der Waals surface area contributed by atoms with E-state index in [1.165, 1.54) is 82.3 Å². The fourth-order valence-corrected chi connectivity index (χ4v) is 8.00. The lowest BCUT2D eigenvalue weighted by Gasteiger charge is -2.20. The lowest BCUT2D eigenvalue weighted by molar-refractivity contribution is 0.752. The second kappa shape index (κ2) is 12.0. The van der Waals surface area contributed by atoms with Crippen LogP contribution in [-0.4, -0.2) is 4.57 Å². The Hall–Kier alpha value is -6.64. The summed E-state index contributed by atoms with van der Waals surface area (Å²) in [5, 5.41) is 11.0. The Morgan fingerprint density at radius 2 is 1.08 bits per heavy atom. The van der Waals surface area contributed by atoms with Gasteiger partial charge in [-0.1, -0.05) is 158 Å². The number of allylic oxidation sites excluding steroid dienone is 2. The molecule has 0 amide bonds. The molecular weight excluding hydrogens is 617 g/mol. The summed E-state index contributed by atoms with van der Waals surface area (Å²) in [6.07, 6.45) is 8.41. The van der Waals surface area contributed by atoms with Gasteiger partial charge in [0.2, 0.25) is 0 Å². The SMILES string of the molecule is C1=CNC(c2ccc(-c3ccc4c5ccc6cc(-c7ccc(-c8ccccc8)cc7)ccc6c5n(-c5ccccc5)c4c3)c3ccccc23)C=C1. The number of aromatic nitrogens is 1. The number of hydrogen-bond donors (Lipinski definition) is 1. The fourth-order valence-electron chi connectivity index (χ4n) is 8.00. The van der Waals surface area contributed by atoms with E-state index < -0.39 is 0 Å². The van der Waals surface area contributed by atoms with E-state index in [1.54, 1.807) is 0 Å². The normalized spacial score (nSPS) is 14.1. The number of dihydropyridines is 1. The van der Waals surface area contributed by atoms with Crippen LogP contribution in [0.2, 0.25) is 0 Å². The van der Waals surface area contributed by atoms with Crippen LogP contribution < -0.4 is 5.32 Å². The van der Waals surface area contributed by atoms with Gasteiger partial charge in [-0.3, -0.25) is 0 Å². The Kier molecular flexibility index (Phi) is 6.92. The zero-order valence-corrected chi connectivity index (χ0v) is 28.0. The Morgan fingerprint density at radius 3 is 1.86 bits per heavy atom. The van der Waals surface area contributed by atoms with Crippen LogP contribution in [0.1, 0.15) is 11.6 Å². The third-order valence-corrected chi connectivity index (χ3v) is 10.5. The topological polar surface area (TPSA) is 17.0 Å². The van der Waals surface area contributed by atoms with Gasteiger partial charge in [0.1, 0.15) is 0 Å². The summed E-state index contributed by atoms with van der Waals surface area (Å²) in [5.41, 5.74) is 12.2. The molecule has 1 unspecified atom stereocenters. The van der Waals surface area contributed by atoms with E-state index in [4.69, 9.17) is 0 Å². The smallest absolute Gasteiger partial charge is 0.0701 e. The molecule has 8 aromatic carbocycles. The number of benzene rings is 8. The monoisotopic (exact) mass is 650 g/mol. The second-order valence-electron chi connectivity index (χ2n) is 13.4. The van der Waals surface area contributed by atoms with Crippen LogP contribution in [0.3, 0.4) is 0 Å². The van der Waals surface area contributed by atoms with Crippen molar-refractivity contribution in [2.75, 3.05) is 0 Å². The molecule has 1 atom stereocenters.